The Morgan fingerprint density at radius 2 is 1.66 bits per heavy atom. The molecule has 1 amide bonds. The van der Waals surface area contributed by atoms with Gasteiger partial charge in [-0.3, -0.25) is 10.1 Å². The molecule has 0 spiro atoms. The molecule has 0 aliphatic rings. The Kier molecular flexibility index (Phi) is 7.64. The number of carbonyl (C=O) groups is 2. The monoisotopic (exact) mass is 428 g/mol. The van der Waals surface area contributed by atoms with Gasteiger partial charge in [-0.15, -0.1) is 0 Å². The number of alkyl halides is 3. The fraction of sp³-hybridized carbons (Fsp3) is 0.300. The molecule has 29 heavy (non-hydrogen) atoms. The molecule has 0 heterocycles. The van der Waals surface area contributed by atoms with E-state index in [4.69, 9.17) is 11.6 Å². The largest absolute Gasteiger partial charge is 0.463 e. The van der Waals surface area contributed by atoms with Gasteiger partial charge in [0.25, 0.3) is 11.6 Å². The fourth-order valence-electron chi connectivity index (χ4n) is 2.62. The first-order valence-corrected chi connectivity index (χ1v) is 9.19. The zero-order valence-corrected chi connectivity index (χ0v) is 16.3. The quantitative estimate of drug-likeness (QED) is 0.496. The average molecular weight is 429 g/mol. The van der Waals surface area contributed by atoms with Crippen LogP contribution in [0.25, 0.3) is 0 Å². The third-order valence-electron chi connectivity index (χ3n) is 4.07. The molecule has 156 valence electrons. The second-order valence-electron chi connectivity index (χ2n) is 6.06. The van der Waals surface area contributed by atoms with Gasteiger partial charge in [0.15, 0.2) is 0 Å². The summed E-state index contributed by atoms with van der Waals surface area (Å²) in [5.41, 5.74) is -2.86. The molecule has 1 atom stereocenters. The van der Waals surface area contributed by atoms with Crippen molar-refractivity contribution in [2.75, 3.05) is 13.2 Å². The van der Waals surface area contributed by atoms with Crippen molar-refractivity contribution in [3.05, 3.63) is 70.7 Å². The minimum Gasteiger partial charge on any atom is -0.463 e. The molecular formula is C20H20ClF3N2O3. The van der Waals surface area contributed by atoms with Crippen LogP contribution in [-0.4, -0.2) is 36.9 Å². The second-order valence-corrected chi connectivity index (χ2v) is 6.47. The van der Waals surface area contributed by atoms with Crippen molar-refractivity contribution in [1.29, 1.82) is 0 Å². The molecule has 2 aromatic carbocycles. The molecule has 0 saturated heterocycles. The maximum Gasteiger partial charge on any atom is 0.436 e. The average Bonchev–Trinajstić information content (AvgIpc) is 2.67. The van der Waals surface area contributed by atoms with Crippen LogP contribution in [0.2, 0.25) is 5.02 Å². The van der Waals surface area contributed by atoms with Crippen molar-refractivity contribution in [2.45, 2.75) is 25.2 Å². The number of rotatable bonds is 8. The van der Waals surface area contributed by atoms with Gasteiger partial charge in [-0.2, -0.15) is 13.2 Å². The number of nitrogens with one attached hydrogen (secondary N) is 2. The first-order chi connectivity index (χ1) is 13.7. The van der Waals surface area contributed by atoms with E-state index < -0.39 is 23.7 Å². The van der Waals surface area contributed by atoms with Gasteiger partial charge in [0.05, 0.1) is 17.2 Å². The summed E-state index contributed by atoms with van der Waals surface area (Å²) in [4.78, 5) is 24.9. The summed E-state index contributed by atoms with van der Waals surface area (Å²) in [5.74, 6) is -2.81. The lowest BCUT2D eigenvalue weighted by Gasteiger charge is -2.35. The Labute approximate surface area is 171 Å². The smallest absolute Gasteiger partial charge is 0.436 e. The highest BCUT2D eigenvalue weighted by Crippen LogP contribution is 2.31. The topological polar surface area (TPSA) is 67.4 Å². The van der Waals surface area contributed by atoms with Gasteiger partial charge in [0, 0.05) is 6.54 Å². The van der Waals surface area contributed by atoms with Crippen molar-refractivity contribution >= 4 is 23.5 Å². The van der Waals surface area contributed by atoms with Crippen LogP contribution in [0.5, 0.6) is 0 Å². The number of benzene rings is 2. The summed E-state index contributed by atoms with van der Waals surface area (Å²) in [6.45, 7) is 0.836. The van der Waals surface area contributed by atoms with E-state index in [0.29, 0.717) is 0 Å². The van der Waals surface area contributed by atoms with E-state index in [0.717, 1.165) is 5.56 Å². The van der Waals surface area contributed by atoms with Crippen LogP contribution in [0.1, 0.15) is 22.8 Å². The molecule has 0 aliphatic heterocycles. The fourth-order valence-corrected chi connectivity index (χ4v) is 2.84. The van der Waals surface area contributed by atoms with E-state index in [2.05, 4.69) is 10.1 Å². The third-order valence-corrected chi connectivity index (χ3v) is 4.40. The van der Waals surface area contributed by atoms with Gasteiger partial charge in [0.1, 0.15) is 0 Å². The minimum absolute atomic E-state index is 0.0470. The summed E-state index contributed by atoms with van der Waals surface area (Å²) >= 11 is 5.91. The van der Waals surface area contributed by atoms with Crippen molar-refractivity contribution in [2.24, 2.45) is 0 Å². The Bertz CT molecular complexity index is 846. The number of halogens is 4. The van der Waals surface area contributed by atoms with Gasteiger partial charge >= 0.3 is 12.1 Å². The van der Waals surface area contributed by atoms with Gasteiger partial charge in [-0.1, -0.05) is 54.1 Å². The summed E-state index contributed by atoms with van der Waals surface area (Å²) in [6, 6.07) is 14.3. The minimum atomic E-state index is -5.17. The molecular weight excluding hydrogens is 409 g/mol. The van der Waals surface area contributed by atoms with Crippen LogP contribution >= 0.6 is 11.6 Å². The summed E-state index contributed by atoms with van der Waals surface area (Å²) < 4.78 is 46.8. The molecule has 0 bridgehead atoms. The first kappa shape index (κ1) is 22.7. The van der Waals surface area contributed by atoms with E-state index in [-0.39, 0.29) is 30.2 Å². The van der Waals surface area contributed by atoms with Crippen LogP contribution in [0.15, 0.2) is 54.6 Å². The molecule has 2 rings (SSSR count). The van der Waals surface area contributed by atoms with E-state index in [1.165, 1.54) is 31.2 Å². The molecule has 2 aromatic rings. The van der Waals surface area contributed by atoms with Gasteiger partial charge < -0.3 is 10.1 Å². The summed E-state index contributed by atoms with van der Waals surface area (Å²) in [7, 11) is 0. The van der Waals surface area contributed by atoms with E-state index in [9.17, 15) is 22.8 Å². The molecule has 9 heteroatoms. The number of amides is 1. The Morgan fingerprint density at radius 1 is 1.03 bits per heavy atom. The van der Waals surface area contributed by atoms with Crippen LogP contribution in [0.4, 0.5) is 13.2 Å². The van der Waals surface area contributed by atoms with E-state index >= 15 is 0 Å². The zero-order chi connectivity index (χ0) is 21.5. The highest BCUT2D eigenvalue weighted by atomic mass is 35.5. The van der Waals surface area contributed by atoms with Crippen molar-refractivity contribution < 1.29 is 27.5 Å². The SMILES string of the molecule is CCOC(=O)C(NCCc1ccccc1)(NC(=O)c1ccccc1Cl)C(F)(F)F. The van der Waals surface area contributed by atoms with Crippen LogP contribution in [-0.2, 0) is 16.0 Å². The molecule has 5 nitrogen and oxygen atoms in total. The lowest BCUT2D eigenvalue weighted by molar-refractivity contribution is -0.218. The van der Waals surface area contributed by atoms with E-state index in [1.54, 1.807) is 35.6 Å². The summed E-state index contributed by atoms with van der Waals surface area (Å²) in [5, 5.41) is 3.87. The molecule has 0 fully saturated rings. The first-order valence-electron chi connectivity index (χ1n) is 8.81. The standard InChI is InChI=1S/C20H20ClF3N2O3/c1-2-29-18(28)19(20(22,23)24,25-13-12-14-8-4-3-5-9-14)26-17(27)15-10-6-7-11-16(15)21/h3-11,25H,2,12-13H2,1H3,(H,26,27). The number of ether oxygens (including phenoxy) is 1. The molecule has 0 radical (unpaired) electrons. The third kappa shape index (κ3) is 5.48. The maximum absolute atomic E-state index is 14.0. The highest BCUT2D eigenvalue weighted by molar-refractivity contribution is 6.33. The highest BCUT2D eigenvalue weighted by Gasteiger charge is 2.63. The zero-order valence-electron chi connectivity index (χ0n) is 15.6. The van der Waals surface area contributed by atoms with Gasteiger partial charge in [-0.05, 0) is 31.0 Å². The predicted octanol–water partition coefficient (Wildman–Crippen LogP) is 3.72. The van der Waals surface area contributed by atoms with Crippen LogP contribution < -0.4 is 10.6 Å². The molecule has 0 aliphatic carbocycles. The lowest BCUT2D eigenvalue weighted by atomic mass is 10.1. The van der Waals surface area contributed by atoms with Gasteiger partial charge in [0.2, 0.25) is 0 Å². The van der Waals surface area contributed by atoms with Crippen molar-refractivity contribution in [3.63, 3.8) is 0 Å². The Morgan fingerprint density at radius 3 is 2.24 bits per heavy atom. The molecule has 1 unspecified atom stereocenters. The number of hydrogen-bond donors (Lipinski definition) is 2. The lowest BCUT2D eigenvalue weighted by Crippen LogP contribution is -2.73. The van der Waals surface area contributed by atoms with Crippen molar-refractivity contribution in [3.8, 4) is 0 Å². The Hall–Kier alpha value is -2.58. The molecule has 2 N–H and O–H groups in total. The van der Waals surface area contributed by atoms with Gasteiger partial charge in [-0.25, -0.2) is 4.79 Å². The Balaban J connectivity index is 2.33. The van der Waals surface area contributed by atoms with E-state index in [1.807, 2.05) is 0 Å². The number of carbonyl (C=O) groups excluding carboxylic acids is 2. The second kappa shape index (κ2) is 9.76. The molecule has 0 aromatic heterocycles. The van der Waals surface area contributed by atoms with Crippen molar-refractivity contribution in [1.82, 2.24) is 10.6 Å². The molecule has 0 saturated carbocycles. The maximum atomic E-state index is 14.0. The number of hydrogen-bond acceptors (Lipinski definition) is 4. The van der Waals surface area contributed by atoms with Crippen LogP contribution in [0.3, 0.4) is 0 Å². The number of esters is 1. The summed E-state index contributed by atoms with van der Waals surface area (Å²) in [6.07, 6.45) is -4.98. The normalized spacial score (nSPS) is 13.4. The predicted molar refractivity (Wildman–Crippen MR) is 102 cm³/mol. The van der Waals surface area contributed by atoms with Crippen LogP contribution in [0, 0.1) is 0 Å².